The van der Waals surface area contributed by atoms with Crippen LogP contribution in [-0.2, 0) is 16.1 Å². The summed E-state index contributed by atoms with van der Waals surface area (Å²) in [5.74, 6) is -1.02. The number of rotatable bonds is 4. The van der Waals surface area contributed by atoms with Gasteiger partial charge < -0.3 is 15.2 Å². The highest BCUT2D eigenvalue weighted by Crippen LogP contribution is 2.19. The average molecular weight is 327 g/mol. The van der Waals surface area contributed by atoms with Crippen LogP contribution in [0.25, 0.3) is 0 Å². The molecule has 24 heavy (non-hydrogen) atoms. The smallest absolute Gasteiger partial charge is 0.340 e. The van der Waals surface area contributed by atoms with Crippen molar-refractivity contribution in [2.75, 3.05) is 5.73 Å². The predicted molar refractivity (Wildman–Crippen MR) is 91.6 cm³/mol. The zero-order valence-corrected chi connectivity index (χ0v) is 14.0. The van der Waals surface area contributed by atoms with Crippen molar-refractivity contribution in [2.24, 2.45) is 0 Å². The fourth-order valence-electron chi connectivity index (χ4n) is 2.01. The van der Waals surface area contributed by atoms with Crippen molar-refractivity contribution in [3.05, 3.63) is 65.2 Å². The van der Waals surface area contributed by atoms with Crippen LogP contribution in [0.1, 0.15) is 47.1 Å². The number of nitrogen functional groups attached to an aromatic ring is 1. The summed E-state index contributed by atoms with van der Waals surface area (Å²) in [5.41, 5.74) is 6.86. The lowest BCUT2D eigenvalue weighted by atomic mass is 10.1. The van der Waals surface area contributed by atoms with E-state index in [0.29, 0.717) is 5.56 Å². The second-order valence-electron chi connectivity index (χ2n) is 6.37. The first-order valence-corrected chi connectivity index (χ1v) is 7.60. The molecule has 0 aliphatic carbocycles. The Morgan fingerprint density at radius 3 is 2.25 bits per heavy atom. The van der Waals surface area contributed by atoms with Crippen molar-refractivity contribution < 1.29 is 19.1 Å². The summed E-state index contributed by atoms with van der Waals surface area (Å²) in [6.45, 7) is 5.50. The van der Waals surface area contributed by atoms with Gasteiger partial charge in [-0.15, -0.1) is 0 Å². The van der Waals surface area contributed by atoms with Gasteiger partial charge in [-0.05, 0) is 44.5 Å². The third-order valence-electron chi connectivity index (χ3n) is 3.12. The van der Waals surface area contributed by atoms with Gasteiger partial charge in [-0.25, -0.2) is 9.59 Å². The third-order valence-corrected chi connectivity index (χ3v) is 3.12. The average Bonchev–Trinajstić information content (AvgIpc) is 2.52. The van der Waals surface area contributed by atoms with Gasteiger partial charge >= 0.3 is 11.9 Å². The van der Waals surface area contributed by atoms with E-state index < -0.39 is 17.5 Å². The molecule has 2 aromatic carbocycles. The van der Waals surface area contributed by atoms with Gasteiger partial charge in [0.1, 0.15) is 12.2 Å². The number of hydrogen-bond acceptors (Lipinski definition) is 5. The summed E-state index contributed by atoms with van der Waals surface area (Å²) in [6, 6.07) is 13.8. The molecule has 2 aromatic rings. The van der Waals surface area contributed by atoms with Crippen LogP contribution in [0.3, 0.4) is 0 Å². The maximum atomic E-state index is 12.1. The molecule has 0 fully saturated rings. The molecule has 126 valence electrons. The van der Waals surface area contributed by atoms with Crippen molar-refractivity contribution in [3.8, 4) is 0 Å². The van der Waals surface area contributed by atoms with E-state index >= 15 is 0 Å². The quantitative estimate of drug-likeness (QED) is 0.686. The van der Waals surface area contributed by atoms with Gasteiger partial charge in [0.2, 0.25) is 0 Å². The van der Waals surface area contributed by atoms with Crippen molar-refractivity contribution in [3.63, 3.8) is 0 Å². The van der Waals surface area contributed by atoms with Crippen molar-refractivity contribution in [1.82, 2.24) is 0 Å². The summed E-state index contributed by atoms with van der Waals surface area (Å²) in [4.78, 5) is 24.1. The van der Waals surface area contributed by atoms with Gasteiger partial charge in [-0.2, -0.15) is 0 Å². The first-order chi connectivity index (χ1) is 11.3. The van der Waals surface area contributed by atoms with Crippen LogP contribution in [0.5, 0.6) is 0 Å². The lowest BCUT2D eigenvalue weighted by Gasteiger charge is -2.19. The third kappa shape index (κ3) is 4.84. The van der Waals surface area contributed by atoms with Crippen molar-refractivity contribution in [2.45, 2.75) is 33.0 Å². The SMILES string of the molecule is CC(C)(C)OC(=O)c1ccc(C(=O)OCc2ccccc2)c(N)c1. The second-order valence-corrected chi connectivity index (χ2v) is 6.37. The molecule has 0 radical (unpaired) electrons. The molecule has 5 nitrogen and oxygen atoms in total. The molecule has 0 aliphatic heterocycles. The summed E-state index contributed by atoms with van der Waals surface area (Å²) in [5, 5.41) is 0. The lowest BCUT2D eigenvalue weighted by molar-refractivity contribution is 0.00690. The molecule has 0 aliphatic rings. The standard InChI is InChI=1S/C19H21NO4/c1-19(2,3)24-17(21)14-9-10-15(16(20)11-14)18(22)23-12-13-7-5-4-6-8-13/h4-11H,12,20H2,1-3H3. The normalized spacial score (nSPS) is 11.0. The van der Waals surface area contributed by atoms with Crippen LogP contribution in [0.4, 0.5) is 5.69 Å². The fraction of sp³-hybridized carbons (Fsp3) is 0.263. The Hall–Kier alpha value is -2.82. The summed E-state index contributed by atoms with van der Waals surface area (Å²) >= 11 is 0. The minimum absolute atomic E-state index is 0.160. The first-order valence-electron chi connectivity index (χ1n) is 7.60. The second kappa shape index (κ2) is 7.17. The number of anilines is 1. The summed E-state index contributed by atoms with van der Waals surface area (Å²) in [6.07, 6.45) is 0. The van der Waals surface area contributed by atoms with Crippen LogP contribution in [0, 0.1) is 0 Å². The summed E-state index contributed by atoms with van der Waals surface area (Å²) < 4.78 is 10.5. The monoisotopic (exact) mass is 327 g/mol. The van der Waals surface area contributed by atoms with Crippen molar-refractivity contribution in [1.29, 1.82) is 0 Å². The highest BCUT2D eigenvalue weighted by Gasteiger charge is 2.20. The van der Waals surface area contributed by atoms with E-state index in [1.807, 2.05) is 30.3 Å². The highest BCUT2D eigenvalue weighted by molar-refractivity contribution is 5.98. The molecule has 5 heteroatoms. The van der Waals surface area contributed by atoms with Crippen molar-refractivity contribution >= 4 is 17.6 Å². The van der Waals surface area contributed by atoms with Gasteiger partial charge in [0.25, 0.3) is 0 Å². The molecule has 0 atom stereocenters. The molecule has 2 rings (SSSR count). The molecule has 0 saturated carbocycles. The fourth-order valence-corrected chi connectivity index (χ4v) is 2.01. The summed E-state index contributed by atoms with van der Waals surface area (Å²) in [7, 11) is 0. The Balaban J connectivity index is 2.06. The molecule has 0 aromatic heterocycles. The number of hydrogen-bond donors (Lipinski definition) is 1. The van der Waals surface area contributed by atoms with Crippen LogP contribution >= 0.6 is 0 Å². The van der Waals surface area contributed by atoms with Gasteiger partial charge in [-0.3, -0.25) is 0 Å². The molecule has 0 unspecified atom stereocenters. The molecule has 0 heterocycles. The zero-order chi connectivity index (χ0) is 17.7. The van der Waals surface area contributed by atoms with Gasteiger partial charge in [0.15, 0.2) is 0 Å². The molecule has 0 amide bonds. The Morgan fingerprint density at radius 2 is 1.67 bits per heavy atom. The van der Waals surface area contributed by atoms with Gasteiger partial charge in [0, 0.05) is 5.69 Å². The number of ether oxygens (including phenoxy) is 2. The number of nitrogens with two attached hydrogens (primary N) is 1. The lowest BCUT2D eigenvalue weighted by Crippen LogP contribution is -2.24. The number of esters is 2. The number of carbonyl (C=O) groups is 2. The minimum atomic E-state index is -0.598. The van der Waals surface area contributed by atoms with Gasteiger partial charge in [0.05, 0.1) is 11.1 Å². The van der Waals surface area contributed by atoms with E-state index in [9.17, 15) is 9.59 Å². The van der Waals surface area contributed by atoms with E-state index in [0.717, 1.165) is 5.56 Å². The Morgan fingerprint density at radius 1 is 1.00 bits per heavy atom. The maximum Gasteiger partial charge on any atom is 0.340 e. The van der Waals surface area contributed by atoms with Crippen LogP contribution in [0.15, 0.2) is 48.5 Å². The zero-order valence-electron chi connectivity index (χ0n) is 14.0. The topological polar surface area (TPSA) is 78.6 Å². The Bertz CT molecular complexity index is 733. The first kappa shape index (κ1) is 17.5. The molecule has 2 N–H and O–H groups in total. The molecule has 0 bridgehead atoms. The van der Waals surface area contributed by atoms with E-state index in [2.05, 4.69) is 0 Å². The van der Waals surface area contributed by atoms with E-state index in [1.54, 1.807) is 20.8 Å². The van der Waals surface area contributed by atoms with E-state index in [4.69, 9.17) is 15.2 Å². The molecule has 0 spiro atoms. The van der Waals surface area contributed by atoms with E-state index in [1.165, 1.54) is 18.2 Å². The maximum absolute atomic E-state index is 12.1. The van der Waals surface area contributed by atoms with Crippen LogP contribution in [-0.4, -0.2) is 17.5 Å². The molecule has 0 saturated heterocycles. The Labute approximate surface area is 141 Å². The molecular weight excluding hydrogens is 306 g/mol. The Kier molecular flexibility index (Phi) is 5.24. The van der Waals surface area contributed by atoms with E-state index in [-0.39, 0.29) is 17.9 Å². The largest absolute Gasteiger partial charge is 0.457 e. The number of benzene rings is 2. The highest BCUT2D eigenvalue weighted by atomic mass is 16.6. The number of carbonyl (C=O) groups excluding carboxylic acids is 2. The van der Waals surface area contributed by atoms with Crippen LogP contribution in [0.2, 0.25) is 0 Å². The predicted octanol–water partition coefficient (Wildman–Crippen LogP) is 3.58. The molecular formula is C19H21NO4. The minimum Gasteiger partial charge on any atom is -0.457 e. The van der Waals surface area contributed by atoms with Crippen LogP contribution < -0.4 is 5.73 Å². The van der Waals surface area contributed by atoms with Gasteiger partial charge in [-0.1, -0.05) is 30.3 Å².